The van der Waals surface area contributed by atoms with Crippen LogP contribution in [0.15, 0.2) is 37.9 Å². The summed E-state index contributed by atoms with van der Waals surface area (Å²) < 4.78 is 11.7. The van der Waals surface area contributed by atoms with Gasteiger partial charge in [-0.3, -0.25) is 14.5 Å². The Kier molecular flexibility index (Phi) is 5.44. The first-order valence-corrected chi connectivity index (χ1v) is 12.2. The second kappa shape index (κ2) is 8.21. The average Bonchev–Trinajstić information content (AvgIpc) is 3.40. The van der Waals surface area contributed by atoms with Crippen LogP contribution in [0.25, 0.3) is 11.0 Å². The fraction of sp³-hybridized carbons (Fsp3) is 0.250. The molecule has 0 saturated carbocycles. The molecule has 1 aliphatic rings. The van der Waals surface area contributed by atoms with E-state index in [-0.39, 0.29) is 28.3 Å². The van der Waals surface area contributed by atoms with Crippen LogP contribution in [-0.2, 0) is 6.42 Å². The van der Waals surface area contributed by atoms with Gasteiger partial charge in [-0.25, -0.2) is 0 Å². The third-order valence-corrected chi connectivity index (χ3v) is 7.71. The highest BCUT2D eigenvalue weighted by Crippen LogP contribution is 2.45. The highest BCUT2D eigenvalue weighted by molar-refractivity contribution is 9.10. The van der Waals surface area contributed by atoms with Crippen LogP contribution in [0.5, 0.6) is 11.5 Å². The Morgan fingerprint density at radius 3 is 2.59 bits per heavy atom. The maximum absolute atomic E-state index is 13.8. The molecular formula is C24H20BrN3O5S. The predicted molar refractivity (Wildman–Crippen MR) is 132 cm³/mol. The van der Waals surface area contributed by atoms with Crippen molar-refractivity contribution < 1.29 is 19.1 Å². The summed E-state index contributed by atoms with van der Waals surface area (Å²) in [4.78, 5) is 28.9. The number of amides is 1. The first-order valence-electron chi connectivity index (χ1n) is 10.5. The van der Waals surface area contributed by atoms with Gasteiger partial charge in [-0.15, -0.1) is 10.2 Å². The molecule has 0 radical (unpaired) electrons. The lowest BCUT2D eigenvalue weighted by Gasteiger charge is -2.23. The second-order valence-corrected chi connectivity index (χ2v) is 9.96. The molecule has 0 spiro atoms. The molecule has 1 unspecified atom stereocenters. The minimum absolute atomic E-state index is 0.0258. The highest BCUT2D eigenvalue weighted by atomic mass is 79.9. The van der Waals surface area contributed by atoms with Crippen molar-refractivity contribution in [3.63, 3.8) is 0 Å². The van der Waals surface area contributed by atoms with Crippen LogP contribution in [0.3, 0.4) is 0 Å². The number of carbonyl (C=O) groups is 1. The number of phenols is 1. The van der Waals surface area contributed by atoms with E-state index in [2.05, 4.69) is 26.1 Å². The van der Waals surface area contributed by atoms with Crippen LogP contribution in [0, 0.1) is 13.8 Å². The first kappa shape index (κ1) is 22.5. The molecular weight excluding hydrogens is 522 g/mol. The lowest BCUT2D eigenvalue weighted by Crippen LogP contribution is -2.29. The van der Waals surface area contributed by atoms with Crippen LogP contribution < -0.4 is 15.1 Å². The van der Waals surface area contributed by atoms with Crippen LogP contribution in [0.1, 0.15) is 50.8 Å². The lowest BCUT2D eigenvalue weighted by atomic mass is 9.97. The standard InChI is InChI=1S/C24H20BrN3O5S/c1-5-17-26-27-24(34-17)28-19(12-8-14(25)21(30)16(9-12)32-4)18-20(29)13-6-10(2)11(3)7-15(13)33-22(18)23(28)31/h6-9,19,30H,5H2,1-4H3. The van der Waals surface area contributed by atoms with Crippen LogP contribution in [0.2, 0.25) is 0 Å². The molecule has 2 aromatic carbocycles. The van der Waals surface area contributed by atoms with E-state index in [0.717, 1.165) is 16.1 Å². The number of aryl methyl sites for hydroxylation is 3. The van der Waals surface area contributed by atoms with E-state index in [0.29, 0.717) is 32.6 Å². The number of fused-ring (bicyclic) bond motifs is 2. The van der Waals surface area contributed by atoms with E-state index in [1.54, 1.807) is 24.3 Å². The molecule has 10 heteroatoms. The quantitative estimate of drug-likeness (QED) is 0.385. The number of aromatic hydroxyl groups is 1. The molecule has 0 bridgehead atoms. The first-order chi connectivity index (χ1) is 16.2. The van der Waals surface area contributed by atoms with Gasteiger partial charge in [0.15, 0.2) is 16.9 Å². The zero-order chi connectivity index (χ0) is 24.3. The van der Waals surface area contributed by atoms with E-state index in [1.807, 2.05) is 20.8 Å². The number of hydrogen-bond acceptors (Lipinski definition) is 8. The van der Waals surface area contributed by atoms with Crippen molar-refractivity contribution in [1.82, 2.24) is 10.2 Å². The molecule has 1 aliphatic heterocycles. The fourth-order valence-corrected chi connectivity index (χ4v) is 5.40. The molecule has 0 aliphatic carbocycles. The van der Waals surface area contributed by atoms with Gasteiger partial charge in [0.1, 0.15) is 10.6 Å². The molecule has 34 heavy (non-hydrogen) atoms. The van der Waals surface area contributed by atoms with Gasteiger partial charge in [0.05, 0.1) is 28.6 Å². The number of benzene rings is 2. The number of anilines is 1. The Morgan fingerprint density at radius 2 is 1.91 bits per heavy atom. The summed E-state index contributed by atoms with van der Waals surface area (Å²) in [6.45, 7) is 5.80. The van der Waals surface area contributed by atoms with Crippen LogP contribution in [-0.4, -0.2) is 28.3 Å². The van der Waals surface area contributed by atoms with Crippen molar-refractivity contribution in [3.8, 4) is 11.5 Å². The molecule has 0 saturated heterocycles. The lowest BCUT2D eigenvalue weighted by molar-refractivity contribution is 0.0970. The van der Waals surface area contributed by atoms with Gasteiger partial charge < -0.3 is 14.3 Å². The third-order valence-electron chi connectivity index (χ3n) is 6.04. The van der Waals surface area contributed by atoms with Gasteiger partial charge >= 0.3 is 0 Å². The van der Waals surface area contributed by atoms with Gasteiger partial charge in [0.2, 0.25) is 10.9 Å². The number of methoxy groups -OCH3 is 1. The summed E-state index contributed by atoms with van der Waals surface area (Å²) in [7, 11) is 1.43. The summed E-state index contributed by atoms with van der Waals surface area (Å²) >= 11 is 4.63. The van der Waals surface area contributed by atoms with Gasteiger partial charge in [-0.1, -0.05) is 18.3 Å². The second-order valence-electron chi connectivity index (χ2n) is 8.07. The Hall–Kier alpha value is -3.24. The van der Waals surface area contributed by atoms with Gasteiger partial charge in [0.25, 0.3) is 5.91 Å². The van der Waals surface area contributed by atoms with Crippen molar-refractivity contribution in [3.05, 3.63) is 72.0 Å². The van der Waals surface area contributed by atoms with Crippen molar-refractivity contribution in [1.29, 1.82) is 0 Å². The summed E-state index contributed by atoms with van der Waals surface area (Å²) in [5, 5.41) is 20.2. The maximum Gasteiger partial charge on any atom is 0.297 e. The molecule has 0 fully saturated rings. The summed E-state index contributed by atoms with van der Waals surface area (Å²) in [5.41, 5.74) is 2.74. The van der Waals surface area contributed by atoms with Crippen LogP contribution >= 0.6 is 27.3 Å². The number of ether oxygens (including phenoxy) is 1. The molecule has 2 aromatic heterocycles. The van der Waals surface area contributed by atoms with E-state index < -0.39 is 11.9 Å². The van der Waals surface area contributed by atoms with E-state index in [9.17, 15) is 14.7 Å². The van der Waals surface area contributed by atoms with E-state index in [4.69, 9.17) is 9.15 Å². The number of phenolic OH excluding ortho intramolecular Hbond substituents is 1. The summed E-state index contributed by atoms with van der Waals surface area (Å²) in [5.74, 6) is -0.377. The highest BCUT2D eigenvalue weighted by Gasteiger charge is 2.45. The topological polar surface area (TPSA) is 106 Å². The van der Waals surface area contributed by atoms with Gasteiger partial charge in [-0.05, 0) is 77.2 Å². The molecule has 5 rings (SSSR count). The van der Waals surface area contributed by atoms with Gasteiger partial charge in [-0.2, -0.15) is 0 Å². The molecule has 4 aromatic rings. The minimum atomic E-state index is -0.840. The van der Waals surface area contributed by atoms with Crippen molar-refractivity contribution >= 4 is 49.3 Å². The zero-order valence-corrected chi connectivity index (χ0v) is 21.2. The normalized spacial score (nSPS) is 15.3. The number of carbonyl (C=O) groups excluding carboxylic acids is 1. The summed E-state index contributed by atoms with van der Waals surface area (Å²) in [6, 6.07) is 5.98. The molecule has 3 heterocycles. The fourth-order valence-electron chi connectivity index (χ4n) is 4.13. The Labute approximate surface area is 206 Å². The van der Waals surface area contributed by atoms with Gasteiger partial charge in [0, 0.05) is 0 Å². The van der Waals surface area contributed by atoms with Crippen molar-refractivity contribution in [2.24, 2.45) is 0 Å². The molecule has 174 valence electrons. The van der Waals surface area contributed by atoms with Crippen LogP contribution in [0.4, 0.5) is 5.13 Å². The largest absolute Gasteiger partial charge is 0.503 e. The molecule has 1 amide bonds. The average molecular weight is 542 g/mol. The molecule has 1 atom stereocenters. The summed E-state index contributed by atoms with van der Waals surface area (Å²) in [6.07, 6.45) is 0.662. The van der Waals surface area contributed by atoms with Crippen molar-refractivity contribution in [2.45, 2.75) is 33.2 Å². The smallest absolute Gasteiger partial charge is 0.297 e. The Balaban J connectivity index is 1.84. The number of rotatable bonds is 4. The number of nitrogens with zero attached hydrogens (tertiary/aromatic N) is 3. The molecule has 8 nitrogen and oxygen atoms in total. The molecule has 1 N–H and O–H groups in total. The minimum Gasteiger partial charge on any atom is -0.503 e. The Bertz CT molecular complexity index is 1540. The third kappa shape index (κ3) is 3.32. The zero-order valence-electron chi connectivity index (χ0n) is 18.8. The number of aromatic nitrogens is 2. The van der Waals surface area contributed by atoms with E-state index >= 15 is 0 Å². The Morgan fingerprint density at radius 1 is 1.18 bits per heavy atom. The van der Waals surface area contributed by atoms with Crippen molar-refractivity contribution in [2.75, 3.05) is 12.0 Å². The maximum atomic E-state index is 13.8. The number of hydrogen-bond donors (Lipinski definition) is 1. The predicted octanol–water partition coefficient (Wildman–Crippen LogP) is 5.05. The number of halogens is 1. The van der Waals surface area contributed by atoms with E-state index in [1.165, 1.54) is 23.3 Å². The SMILES string of the molecule is CCc1nnc(N2C(=O)c3oc4cc(C)c(C)cc4c(=O)c3C2c2cc(Br)c(O)c(OC)c2)s1. The monoisotopic (exact) mass is 541 g/mol.